The van der Waals surface area contributed by atoms with E-state index in [-0.39, 0.29) is 24.6 Å². The molecule has 1 aliphatic rings. The largest absolute Gasteiger partial charge is 0.466 e. The van der Waals surface area contributed by atoms with Gasteiger partial charge in [0.1, 0.15) is 18.8 Å². The Balaban J connectivity index is 2.20. The number of rotatable bonds is 3. The number of esters is 2. The van der Waals surface area contributed by atoms with Gasteiger partial charge in [0.25, 0.3) is 0 Å². The molecule has 2 heterocycles. The van der Waals surface area contributed by atoms with Crippen molar-refractivity contribution in [2.45, 2.75) is 0 Å². The SMILES string of the molecule is COC(=O)C1=C(C(=O)OC)N(c2cccc3ncncc23)COC1. The first-order chi connectivity index (χ1) is 11.7. The smallest absolute Gasteiger partial charge is 0.355 e. The molecule has 1 aliphatic heterocycles. The Morgan fingerprint density at radius 2 is 2.00 bits per heavy atom. The third kappa shape index (κ3) is 2.67. The molecule has 0 amide bonds. The van der Waals surface area contributed by atoms with Crippen molar-refractivity contribution >= 4 is 28.5 Å². The number of aromatic nitrogens is 2. The zero-order valence-corrected chi connectivity index (χ0v) is 13.2. The van der Waals surface area contributed by atoms with Gasteiger partial charge in [-0.2, -0.15) is 0 Å². The summed E-state index contributed by atoms with van der Waals surface area (Å²) in [5.74, 6) is -1.29. The van der Waals surface area contributed by atoms with E-state index in [0.717, 1.165) is 5.39 Å². The molecular formula is C16H15N3O5. The molecule has 0 bridgehead atoms. The molecule has 0 saturated heterocycles. The van der Waals surface area contributed by atoms with Crippen LogP contribution >= 0.6 is 0 Å². The lowest BCUT2D eigenvalue weighted by atomic mass is 10.1. The summed E-state index contributed by atoms with van der Waals surface area (Å²) >= 11 is 0. The fraction of sp³-hybridized carbons (Fsp3) is 0.250. The van der Waals surface area contributed by atoms with Gasteiger partial charge in [-0.05, 0) is 12.1 Å². The fourth-order valence-electron chi connectivity index (χ4n) is 2.56. The third-order valence-electron chi connectivity index (χ3n) is 3.65. The van der Waals surface area contributed by atoms with Crippen LogP contribution in [0.1, 0.15) is 0 Å². The molecule has 0 atom stereocenters. The summed E-state index contributed by atoms with van der Waals surface area (Å²) in [7, 11) is 2.50. The number of nitrogens with zero attached hydrogens (tertiary/aromatic N) is 3. The van der Waals surface area contributed by atoms with Crippen LogP contribution < -0.4 is 4.90 Å². The maximum Gasteiger partial charge on any atom is 0.355 e. The average molecular weight is 329 g/mol. The minimum Gasteiger partial charge on any atom is -0.466 e. The summed E-state index contributed by atoms with van der Waals surface area (Å²) in [4.78, 5) is 34.1. The molecule has 3 rings (SSSR count). The van der Waals surface area contributed by atoms with Crippen LogP contribution in [0.2, 0.25) is 0 Å². The Bertz CT molecular complexity index is 828. The van der Waals surface area contributed by atoms with Crippen molar-refractivity contribution < 1.29 is 23.8 Å². The molecule has 2 aromatic rings. The van der Waals surface area contributed by atoms with Crippen LogP contribution in [-0.4, -0.2) is 49.5 Å². The Morgan fingerprint density at radius 1 is 1.21 bits per heavy atom. The zero-order valence-electron chi connectivity index (χ0n) is 13.2. The summed E-state index contributed by atoms with van der Waals surface area (Å²) in [6.07, 6.45) is 3.08. The standard InChI is InChI=1S/C16H15N3O5/c1-22-15(20)11-7-24-9-19(14(11)16(21)23-2)13-5-3-4-12-10(13)6-17-8-18-12/h3-6,8H,7,9H2,1-2H3. The maximum absolute atomic E-state index is 12.3. The molecule has 0 aliphatic carbocycles. The predicted molar refractivity (Wildman–Crippen MR) is 83.9 cm³/mol. The lowest BCUT2D eigenvalue weighted by molar-refractivity contribution is -0.140. The van der Waals surface area contributed by atoms with Crippen LogP contribution in [0, 0.1) is 0 Å². The second-order valence-electron chi connectivity index (χ2n) is 4.95. The van der Waals surface area contributed by atoms with Gasteiger partial charge in [-0.1, -0.05) is 6.07 Å². The first-order valence-electron chi connectivity index (χ1n) is 7.11. The molecule has 1 aromatic carbocycles. The van der Waals surface area contributed by atoms with Crippen LogP contribution in [0.5, 0.6) is 0 Å². The molecule has 0 spiro atoms. The molecule has 24 heavy (non-hydrogen) atoms. The molecule has 0 unspecified atom stereocenters. The van der Waals surface area contributed by atoms with E-state index in [1.165, 1.54) is 20.5 Å². The molecule has 8 nitrogen and oxygen atoms in total. The third-order valence-corrected chi connectivity index (χ3v) is 3.65. The number of fused-ring (bicyclic) bond motifs is 1. The summed E-state index contributed by atoms with van der Waals surface area (Å²) in [5, 5.41) is 0.719. The van der Waals surface area contributed by atoms with Crippen molar-refractivity contribution in [3.63, 3.8) is 0 Å². The molecule has 8 heteroatoms. The summed E-state index contributed by atoms with van der Waals surface area (Å²) in [6, 6.07) is 5.41. The van der Waals surface area contributed by atoms with Gasteiger partial charge in [0.15, 0.2) is 0 Å². The highest BCUT2D eigenvalue weighted by atomic mass is 16.5. The molecule has 0 radical (unpaired) electrons. The number of methoxy groups -OCH3 is 2. The van der Waals surface area contributed by atoms with Crippen molar-refractivity contribution in [3.05, 3.63) is 42.0 Å². The highest BCUT2D eigenvalue weighted by Gasteiger charge is 2.33. The summed E-state index contributed by atoms with van der Waals surface area (Å²) in [5.41, 5.74) is 1.53. The fourth-order valence-corrected chi connectivity index (χ4v) is 2.56. The summed E-state index contributed by atoms with van der Waals surface area (Å²) < 4.78 is 15.1. The maximum atomic E-state index is 12.3. The van der Waals surface area contributed by atoms with Gasteiger partial charge >= 0.3 is 11.9 Å². The Labute approximate surface area is 137 Å². The first-order valence-corrected chi connectivity index (χ1v) is 7.11. The lowest BCUT2D eigenvalue weighted by Gasteiger charge is -2.31. The molecular weight excluding hydrogens is 314 g/mol. The molecule has 0 N–H and O–H groups in total. The van der Waals surface area contributed by atoms with E-state index in [1.807, 2.05) is 6.07 Å². The monoisotopic (exact) mass is 329 g/mol. The van der Waals surface area contributed by atoms with Gasteiger partial charge in [0.05, 0.1) is 37.6 Å². The number of carbonyl (C=O) groups is 2. The molecule has 1 aromatic heterocycles. The van der Waals surface area contributed by atoms with E-state index in [2.05, 4.69) is 9.97 Å². The van der Waals surface area contributed by atoms with E-state index in [1.54, 1.807) is 23.2 Å². The molecule has 0 saturated carbocycles. The molecule has 124 valence electrons. The van der Waals surface area contributed by atoms with Gasteiger partial charge < -0.3 is 19.1 Å². The quantitative estimate of drug-likeness (QED) is 0.771. The van der Waals surface area contributed by atoms with E-state index in [0.29, 0.717) is 11.2 Å². The number of hydrogen-bond donors (Lipinski definition) is 0. The van der Waals surface area contributed by atoms with Crippen molar-refractivity contribution in [2.24, 2.45) is 0 Å². The van der Waals surface area contributed by atoms with E-state index < -0.39 is 11.9 Å². The van der Waals surface area contributed by atoms with E-state index >= 15 is 0 Å². The normalized spacial score (nSPS) is 14.7. The van der Waals surface area contributed by atoms with Crippen molar-refractivity contribution in [3.8, 4) is 0 Å². The van der Waals surface area contributed by atoms with Crippen LogP contribution in [0.4, 0.5) is 5.69 Å². The number of carbonyl (C=O) groups excluding carboxylic acids is 2. The molecule has 0 fully saturated rings. The number of ether oxygens (including phenoxy) is 3. The minimum absolute atomic E-state index is 0.0329. The number of anilines is 1. The minimum atomic E-state index is -0.646. The van der Waals surface area contributed by atoms with Gasteiger partial charge in [-0.3, -0.25) is 0 Å². The second-order valence-corrected chi connectivity index (χ2v) is 4.95. The van der Waals surface area contributed by atoms with Gasteiger partial charge in [0, 0.05) is 11.6 Å². The van der Waals surface area contributed by atoms with Crippen LogP contribution in [0.25, 0.3) is 10.9 Å². The van der Waals surface area contributed by atoms with E-state index in [9.17, 15) is 9.59 Å². The van der Waals surface area contributed by atoms with E-state index in [4.69, 9.17) is 14.2 Å². The van der Waals surface area contributed by atoms with Gasteiger partial charge in [0.2, 0.25) is 0 Å². The highest BCUT2D eigenvalue weighted by molar-refractivity contribution is 6.05. The second kappa shape index (κ2) is 6.63. The number of benzene rings is 1. The van der Waals surface area contributed by atoms with Crippen LogP contribution in [-0.2, 0) is 23.8 Å². The Morgan fingerprint density at radius 3 is 2.75 bits per heavy atom. The van der Waals surface area contributed by atoms with Crippen LogP contribution in [0.15, 0.2) is 42.0 Å². The highest BCUT2D eigenvalue weighted by Crippen LogP contribution is 2.31. The van der Waals surface area contributed by atoms with Gasteiger partial charge in [-0.15, -0.1) is 0 Å². The average Bonchev–Trinajstić information content (AvgIpc) is 2.65. The topological polar surface area (TPSA) is 90.9 Å². The summed E-state index contributed by atoms with van der Waals surface area (Å²) in [6.45, 7) is 0.0494. The number of hydrogen-bond acceptors (Lipinski definition) is 8. The lowest BCUT2D eigenvalue weighted by Crippen LogP contribution is -2.38. The van der Waals surface area contributed by atoms with Gasteiger partial charge in [-0.25, -0.2) is 19.6 Å². The van der Waals surface area contributed by atoms with Crippen molar-refractivity contribution in [1.29, 1.82) is 0 Å². The first kappa shape index (κ1) is 15.9. The predicted octanol–water partition coefficient (Wildman–Crippen LogP) is 1.02. The van der Waals surface area contributed by atoms with Crippen molar-refractivity contribution in [2.75, 3.05) is 32.5 Å². The van der Waals surface area contributed by atoms with Crippen LogP contribution in [0.3, 0.4) is 0 Å². The Hall–Kier alpha value is -3.00. The zero-order chi connectivity index (χ0) is 17.1. The van der Waals surface area contributed by atoms with Crippen molar-refractivity contribution in [1.82, 2.24) is 9.97 Å². The Kier molecular flexibility index (Phi) is 4.39.